The van der Waals surface area contributed by atoms with Crippen LogP contribution in [0, 0.1) is 0 Å². The largest absolute Gasteiger partial charge is 1.00 e. The van der Waals surface area contributed by atoms with Gasteiger partial charge in [0.25, 0.3) is 0 Å². The molecule has 0 nitrogen and oxygen atoms in total. The molecule has 3 rings (SSSR count). The summed E-state index contributed by atoms with van der Waals surface area (Å²) in [4.78, 5) is 0. The molecule has 3 heteroatoms. The summed E-state index contributed by atoms with van der Waals surface area (Å²) in [6, 6.07) is 33.9. The van der Waals surface area contributed by atoms with E-state index in [1.54, 1.807) is 0 Å². The molecular weight excluding hydrogens is 550 g/mol. The fourth-order valence-electron chi connectivity index (χ4n) is 5.93. The molecule has 0 bridgehead atoms. The van der Waals surface area contributed by atoms with Crippen molar-refractivity contribution < 1.29 is 17.0 Å². The summed E-state index contributed by atoms with van der Waals surface area (Å²) in [6.07, 6.45) is 16.7. The van der Waals surface area contributed by atoms with E-state index in [1.807, 2.05) is 0 Å². The third kappa shape index (κ3) is 9.31. The van der Waals surface area contributed by atoms with Crippen LogP contribution in [0.15, 0.2) is 91.0 Å². The quantitative estimate of drug-likeness (QED) is 0.120. The predicted octanol–water partition coefficient (Wildman–Crippen LogP) is 7.28. The lowest BCUT2D eigenvalue weighted by Crippen LogP contribution is -3.00. The van der Waals surface area contributed by atoms with E-state index in [0.717, 1.165) is 0 Å². The molecule has 3 aromatic carbocycles. The molecule has 0 aliphatic rings. The molecule has 0 amide bonds. The van der Waals surface area contributed by atoms with E-state index in [0.29, 0.717) is 0 Å². The highest BCUT2D eigenvalue weighted by atomic mass is 79.9. The Hall–Kier alpha value is -1.000. The van der Waals surface area contributed by atoms with Crippen molar-refractivity contribution in [2.75, 3.05) is 24.6 Å². The van der Waals surface area contributed by atoms with Gasteiger partial charge in [-0.3, -0.25) is 0 Å². The van der Waals surface area contributed by atoms with Crippen LogP contribution in [0.3, 0.4) is 0 Å². The molecule has 0 fully saturated rings. The molecule has 37 heavy (non-hydrogen) atoms. The molecule has 0 saturated heterocycles. The van der Waals surface area contributed by atoms with Crippen molar-refractivity contribution in [1.82, 2.24) is 0 Å². The SMILES string of the molecule is CCCC[P+](CCCC)(CCCC)CCCC(c1ccccc1)(c1ccccc1)c1ccccc1.P.[Br-]. The Balaban J connectivity index is 0.00000342. The Morgan fingerprint density at radius 1 is 0.486 bits per heavy atom. The van der Waals surface area contributed by atoms with Gasteiger partial charge in [-0.05, 0) is 48.8 Å². The molecule has 0 N–H and O–H groups in total. The van der Waals surface area contributed by atoms with Gasteiger partial charge in [-0.15, -0.1) is 0 Å². The zero-order chi connectivity index (χ0) is 24.8. The third-order valence-corrected chi connectivity index (χ3v) is 13.0. The highest BCUT2D eigenvalue weighted by Gasteiger charge is 2.39. The topological polar surface area (TPSA) is 0 Å². The molecule has 1 atom stereocenters. The smallest absolute Gasteiger partial charge is 0.0594 e. The zero-order valence-corrected chi connectivity index (χ0v) is 27.6. The fraction of sp³-hybridized carbons (Fsp3) is 0.471. The van der Waals surface area contributed by atoms with Crippen molar-refractivity contribution in [3.8, 4) is 0 Å². The van der Waals surface area contributed by atoms with E-state index in [9.17, 15) is 0 Å². The van der Waals surface area contributed by atoms with Gasteiger partial charge in [-0.2, -0.15) is 9.90 Å². The van der Waals surface area contributed by atoms with Crippen LogP contribution < -0.4 is 17.0 Å². The molecule has 204 valence electrons. The summed E-state index contributed by atoms with van der Waals surface area (Å²) in [5, 5.41) is 0. The maximum absolute atomic E-state index is 2.37. The van der Waals surface area contributed by atoms with Crippen molar-refractivity contribution >= 4 is 17.2 Å². The molecule has 1 unspecified atom stereocenters. The van der Waals surface area contributed by atoms with E-state index in [2.05, 4.69) is 112 Å². The first kappa shape index (κ1) is 34.0. The Labute approximate surface area is 243 Å². The second kappa shape index (κ2) is 18.3. The Bertz CT molecular complexity index is 825. The Morgan fingerprint density at radius 3 is 1.08 bits per heavy atom. The standard InChI is InChI=1S/C34H48P.BrH.H3P/c1-4-7-27-35(28-8-5-2,29-9-6-3)30-19-26-34(31-20-13-10-14-21-31,32-22-15-11-16-23-32)33-24-17-12-18-25-33;;/h10-18,20-25H,4-9,19,26-30H2,1-3H3;1H;1H3/q+1;;/p-1. The zero-order valence-electron chi connectivity index (χ0n) is 23.7. The summed E-state index contributed by atoms with van der Waals surface area (Å²) >= 11 is 0. The fourth-order valence-corrected chi connectivity index (χ4v) is 11.1. The van der Waals surface area contributed by atoms with Gasteiger partial charge in [0.05, 0.1) is 24.6 Å². The maximum atomic E-state index is 2.37. The number of halogens is 1. The van der Waals surface area contributed by atoms with E-state index in [4.69, 9.17) is 0 Å². The minimum atomic E-state index is -0.906. The molecule has 0 heterocycles. The van der Waals surface area contributed by atoms with Crippen LogP contribution in [0.2, 0.25) is 0 Å². The van der Waals surface area contributed by atoms with Gasteiger partial charge < -0.3 is 17.0 Å². The van der Waals surface area contributed by atoms with Gasteiger partial charge in [-0.25, -0.2) is 0 Å². The average molecular weight is 602 g/mol. The van der Waals surface area contributed by atoms with E-state index < -0.39 is 7.26 Å². The Morgan fingerprint density at radius 2 is 0.784 bits per heavy atom. The second-order valence-corrected chi connectivity index (χ2v) is 14.9. The maximum Gasteiger partial charge on any atom is 0.0594 e. The third-order valence-electron chi connectivity index (χ3n) is 7.94. The van der Waals surface area contributed by atoms with Crippen molar-refractivity contribution in [3.05, 3.63) is 108 Å². The molecule has 3 aromatic rings. The van der Waals surface area contributed by atoms with Gasteiger partial charge in [-0.1, -0.05) is 131 Å². The van der Waals surface area contributed by atoms with Crippen molar-refractivity contribution in [1.29, 1.82) is 0 Å². The minimum absolute atomic E-state index is 0. The van der Waals surface area contributed by atoms with Gasteiger partial charge in [0.2, 0.25) is 0 Å². The highest BCUT2D eigenvalue weighted by molar-refractivity contribution is 7.75. The molecule has 0 spiro atoms. The van der Waals surface area contributed by atoms with Gasteiger partial charge in [0.1, 0.15) is 0 Å². The lowest BCUT2D eigenvalue weighted by molar-refractivity contribution is -0.00000752. The van der Waals surface area contributed by atoms with Crippen molar-refractivity contribution in [2.24, 2.45) is 0 Å². The van der Waals surface area contributed by atoms with Crippen molar-refractivity contribution in [3.63, 3.8) is 0 Å². The lowest BCUT2D eigenvalue weighted by Gasteiger charge is -2.37. The summed E-state index contributed by atoms with van der Waals surface area (Å²) in [7, 11) is -0.906. The van der Waals surface area contributed by atoms with Crippen LogP contribution in [-0.2, 0) is 5.41 Å². The van der Waals surface area contributed by atoms with Crippen LogP contribution in [0.1, 0.15) is 88.8 Å². The molecule has 0 saturated carbocycles. The first-order chi connectivity index (χ1) is 17.2. The average Bonchev–Trinajstić information content (AvgIpc) is 2.93. The number of unbranched alkanes of at least 4 members (excludes halogenated alkanes) is 3. The van der Waals surface area contributed by atoms with Crippen molar-refractivity contribution in [2.45, 2.75) is 77.6 Å². The monoisotopic (exact) mass is 600 g/mol. The molecule has 0 aliphatic carbocycles. The minimum Gasteiger partial charge on any atom is -1.00 e. The van der Waals surface area contributed by atoms with Crippen LogP contribution >= 0.6 is 17.2 Å². The normalized spacial score (nSPS) is 11.4. The van der Waals surface area contributed by atoms with E-state index >= 15 is 0 Å². The summed E-state index contributed by atoms with van der Waals surface area (Å²) in [6.45, 7) is 7.12. The lowest BCUT2D eigenvalue weighted by atomic mass is 9.67. The molecule has 0 aromatic heterocycles. The number of hydrogen-bond acceptors (Lipinski definition) is 0. The second-order valence-electron chi connectivity index (χ2n) is 10.4. The number of rotatable bonds is 16. The molecule has 0 aliphatic heterocycles. The van der Waals surface area contributed by atoms with Crippen LogP contribution in [-0.4, -0.2) is 24.6 Å². The van der Waals surface area contributed by atoms with Crippen LogP contribution in [0.25, 0.3) is 0 Å². The predicted molar refractivity (Wildman–Crippen MR) is 171 cm³/mol. The number of hydrogen-bond donors (Lipinski definition) is 0. The van der Waals surface area contributed by atoms with Gasteiger partial charge in [0, 0.05) is 12.7 Å². The van der Waals surface area contributed by atoms with Gasteiger partial charge >= 0.3 is 0 Å². The van der Waals surface area contributed by atoms with Crippen LogP contribution in [0.5, 0.6) is 0 Å². The summed E-state index contributed by atoms with van der Waals surface area (Å²) < 4.78 is 0. The Kier molecular flexibility index (Phi) is 16.8. The summed E-state index contributed by atoms with van der Waals surface area (Å²) in [5.74, 6) is 0. The van der Waals surface area contributed by atoms with E-state index in [1.165, 1.54) is 92.7 Å². The molecular formula is C34H51BrP2. The highest BCUT2D eigenvalue weighted by Crippen LogP contribution is 2.62. The van der Waals surface area contributed by atoms with Crippen LogP contribution in [0.4, 0.5) is 0 Å². The van der Waals surface area contributed by atoms with E-state index in [-0.39, 0.29) is 32.3 Å². The molecule has 0 radical (unpaired) electrons. The first-order valence-electron chi connectivity index (χ1n) is 14.2. The first-order valence-corrected chi connectivity index (χ1v) is 16.8. The van der Waals surface area contributed by atoms with Gasteiger partial charge in [0.15, 0.2) is 0 Å². The summed E-state index contributed by atoms with van der Waals surface area (Å²) in [5.41, 5.74) is 4.19. The number of benzene rings is 3.